The molecule has 1 N–H and O–H groups in total. The number of para-hydroxylation sites is 1. The first kappa shape index (κ1) is 22.0. The van der Waals surface area contributed by atoms with E-state index in [0.29, 0.717) is 22.8 Å². The van der Waals surface area contributed by atoms with Crippen molar-refractivity contribution in [1.29, 1.82) is 0 Å². The third kappa shape index (κ3) is 4.73. The Labute approximate surface area is 178 Å². The highest BCUT2D eigenvalue weighted by Gasteiger charge is 2.35. The van der Waals surface area contributed by atoms with Gasteiger partial charge in [-0.1, -0.05) is 23.9 Å². The van der Waals surface area contributed by atoms with Crippen LogP contribution in [0.5, 0.6) is 0 Å². The van der Waals surface area contributed by atoms with E-state index in [1.165, 1.54) is 40.5 Å². The van der Waals surface area contributed by atoms with Crippen LogP contribution in [0.1, 0.15) is 31.2 Å². The van der Waals surface area contributed by atoms with E-state index in [4.69, 9.17) is 0 Å². The summed E-state index contributed by atoms with van der Waals surface area (Å²) in [7, 11) is 0. The first-order valence-corrected chi connectivity index (χ1v) is 10.4. The number of amides is 1. The van der Waals surface area contributed by atoms with Gasteiger partial charge in [-0.15, -0.1) is 0 Å². The summed E-state index contributed by atoms with van der Waals surface area (Å²) in [6, 6.07) is 11.1. The molecule has 4 rings (SSSR count). The number of carbonyl (C=O) groups excluding carboxylic acids is 1. The van der Waals surface area contributed by atoms with Crippen molar-refractivity contribution in [1.82, 2.24) is 0 Å². The van der Waals surface area contributed by atoms with Crippen LogP contribution in [0.4, 0.5) is 24.5 Å². The van der Waals surface area contributed by atoms with Crippen molar-refractivity contribution >= 4 is 29.0 Å². The molecule has 0 bridgehead atoms. The molecule has 2 aromatic rings. The van der Waals surface area contributed by atoms with Crippen LogP contribution in [0, 0.1) is 0 Å². The minimum absolute atomic E-state index is 0. The van der Waals surface area contributed by atoms with Gasteiger partial charge in [0.05, 0.1) is 30.0 Å². The molecule has 3 nitrogen and oxygen atoms in total. The van der Waals surface area contributed by atoms with Crippen molar-refractivity contribution < 1.29 is 35.3 Å². The fourth-order valence-corrected chi connectivity index (χ4v) is 4.94. The molecule has 0 atom stereocenters. The maximum absolute atomic E-state index is 13.3. The van der Waals surface area contributed by atoms with Crippen molar-refractivity contribution in [3.63, 3.8) is 0 Å². The molecule has 0 aromatic heterocycles. The van der Waals surface area contributed by atoms with Gasteiger partial charge in [-0.3, -0.25) is 9.69 Å². The van der Waals surface area contributed by atoms with Gasteiger partial charge in [-0.2, -0.15) is 13.2 Å². The zero-order chi connectivity index (χ0) is 19.7. The lowest BCUT2D eigenvalue weighted by molar-refractivity contribution is -0.891. The minimum Gasteiger partial charge on any atom is -1.00 e. The lowest BCUT2D eigenvalue weighted by atomic mass is 10.1. The zero-order valence-electron chi connectivity index (χ0n) is 15.8. The number of nitrogens with zero attached hydrogens (tertiary/aromatic N) is 1. The Kier molecular flexibility index (Phi) is 6.81. The van der Waals surface area contributed by atoms with Gasteiger partial charge in [-0.25, -0.2) is 0 Å². The van der Waals surface area contributed by atoms with Crippen molar-refractivity contribution in [2.24, 2.45) is 0 Å². The van der Waals surface area contributed by atoms with Crippen LogP contribution < -0.4 is 22.2 Å². The molecule has 2 heterocycles. The summed E-state index contributed by atoms with van der Waals surface area (Å²) in [4.78, 5) is 17.5. The van der Waals surface area contributed by atoms with Crippen LogP contribution in [0.25, 0.3) is 0 Å². The number of nitrogens with one attached hydrogen (secondary N) is 1. The van der Waals surface area contributed by atoms with Gasteiger partial charge in [0.25, 0.3) is 5.91 Å². The molecule has 156 valence electrons. The Morgan fingerprint density at radius 2 is 1.62 bits per heavy atom. The summed E-state index contributed by atoms with van der Waals surface area (Å²) in [6.07, 6.45) is 0.0897. The number of rotatable bonds is 2. The van der Waals surface area contributed by atoms with Crippen molar-refractivity contribution in [3.05, 3.63) is 48.0 Å². The van der Waals surface area contributed by atoms with E-state index in [2.05, 4.69) is 0 Å². The van der Waals surface area contributed by atoms with E-state index in [0.717, 1.165) is 43.0 Å². The summed E-state index contributed by atoms with van der Waals surface area (Å²) < 4.78 is 39.9. The van der Waals surface area contributed by atoms with Gasteiger partial charge in [0.1, 0.15) is 0 Å². The summed E-state index contributed by atoms with van der Waals surface area (Å²) in [5.74, 6) is -0.148. The largest absolute Gasteiger partial charge is 1.00 e. The number of alkyl halides is 3. The first-order chi connectivity index (χ1) is 13.4. The number of halogens is 4. The molecule has 2 aliphatic heterocycles. The summed E-state index contributed by atoms with van der Waals surface area (Å²) >= 11 is 1.40. The highest BCUT2D eigenvalue weighted by atomic mass is 35.5. The SMILES string of the molecule is O=C(C[NH+]1CCCCCC1)N1c2ccccc2Sc2ccc(C(F)(F)F)cc21.[Cl-]. The third-order valence-corrected chi connectivity index (χ3v) is 6.44. The Morgan fingerprint density at radius 1 is 0.966 bits per heavy atom. The monoisotopic (exact) mass is 442 g/mol. The number of quaternary nitrogens is 1. The number of hydrogen-bond acceptors (Lipinski definition) is 2. The predicted octanol–water partition coefficient (Wildman–Crippen LogP) is 1.30. The maximum Gasteiger partial charge on any atom is 0.416 e. The number of hydrogen-bond donors (Lipinski definition) is 1. The number of likely N-dealkylation sites (tertiary alicyclic amines) is 1. The fraction of sp³-hybridized carbons (Fsp3) is 0.381. The molecule has 1 fully saturated rings. The number of fused-ring (bicyclic) bond motifs is 2. The van der Waals surface area contributed by atoms with Gasteiger partial charge in [0.15, 0.2) is 6.54 Å². The summed E-state index contributed by atoms with van der Waals surface area (Å²) in [6.45, 7) is 2.17. The molecular weight excluding hydrogens is 421 g/mol. The highest BCUT2D eigenvalue weighted by molar-refractivity contribution is 7.99. The van der Waals surface area contributed by atoms with Crippen LogP contribution in [-0.2, 0) is 11.0 Å². The second-order valence-electron chi connectivity index (χ2n) is 7.32. The second kappa shape index (κ2) is 8.98. The standard InChI is InChI=1S/C21H21F3N2OS.ClH/c22-21(23,24)15-9-10-19-17(13-15)26(16-7-3-4-8-18(16)28-19)20(27)14-25-11-5-1-2-6-12-25;/h3-4,7-10,13H,1-2,5-6,11-12,14H2;1H. The molecule has 0 spiro atoms. The van der Waals surface area contributed by atoms with E-state index >= 15 is 0 Å². The fourth-order valence-electron chi connectivity index (χ4n) is 3.90. The predicted molar refractivity (Wildman–Crippen MR) is 103 cm³/mol. The van der Waals surface area contributed by atoms with Crippen molar-refractivity contribution in [2.75, 3.05) is 24.5 Å². The van der Waals surface area contributed by atoms with E-state index in [-0.39, 0.29) is 18.3 Å². The lowest BCUT2D eigenvalue weighted by Crippen LogP contribution is -3.13. The quantitative estimate of drug-likeness (QED) is 0.758. The molecule has 1 saturated heterocycles. The molecule has 2 aliphatic rings. The van der Waals surface area contributed by atoms with Crippen LogP contribution in [-0.4, -0.2) is 25.5 Å². The van der Waals surface area contributed by atoms with Gasteiger partial charge in [0, 0.05) is 9.79 Å². The first-order valence-electron chi connectivity index (χ1n) is 9.58. The molecule has 0 saturated carbocycles. The van der Waals surface area contributed by atoms with Crippen LogP contribution >= 0.6 is 11.8 Å². The number of benzene rings is 2. The minimum atomic E-state index is -4.44. The summed E-state index contributed by atoms with van der Waals surface area (Å²) in [5.41, 5.74) is 0.266. The Morgan fingerprint density at radius 3 is 2.31 bits per heavy atom. The van der Waals surface area contributed by atoms with Crippen LogP contribution in [0.2, 0.25) is 0 Å². The van der Waals surface area contributed by atoms with Crippen LogP contribution in [0.15, 0.2) is 52.3 Å². The lowest BCUT2D eigenvalue weighted by Gasteiger charge is -2.32. The average molecular weight is 443 g/mol. The molecule has 29 heavy (non-hydrogen) atoms. The molecule has 0 aliphatic carbocycles. The van der Waals surface area contributed by atoms with Crippen LogP contribution in [0.3, 0.4) is 0 Å². The van der Waals surface area contributed by atoms with E-state index in [1.54, 1.807) is 6.07 Å². The summed E-state index contributed by atoms with van der Waals surface area (Å²) in [5, 5.41) is 0. The molecule has 0 unspecified atom stereocenters. The molecule has 8 heteroatoms. The van der Waals surface area contributed by atoms with Gasteiger partial charge >= 0.3 is 6.18 Å². The third-order valence-electron chi connectivity index (χ3n) is 5.31. The smallest absolute Gasteiger partial charge is 0.416 e. The number of carbonyl (C=O) groups is 1. The molecule has 2 aromatic carbocycles. The molecule has 1 amide bonds. The van der Waals surface area contributed by atoms with Crippen molar-refractivity contribution in [2.45, 2.75) is 41.7 Å². The normalized spacial score (nSPS) is 17.0. The Balaban J connectivity index is 0.00000240. The van der Waals surface area contributed by atoms with Crippen molar-refractivity contribution in [3.8, 4) is 0 Å². The topological polar surface area (TPSA) is 24.8 Å². The average Bonchev–Trinajstić information content (AvgIpc) is 2.93. The van der Waals surface area contributed by atoms with E-state index in [9.17, 15) is 18.0 Å². The van der Waals surface area contributed by atoms with Gasteiger partial charge in [-0.05, 0) is 56.0 Å². The van der Waals surface area contributed by atoms with Gasteiger partial charge in [0.2, 0.25) is 0 Å². The Hall–Kier alpha value is -1.70. The number of anilines is 2. The molecular formula is C21H22ClF3N2OS. The van der Waals surface area contributed by atoms with Gasteiger partial charge < -0.3 is 17.3 Å². The maximum atomic E-state index is 13.3. The zero-order valence-corrected chi connectivity index (χ0v) is 17.3. The highest BCUT2D eigenvalue weighted by Crippen LogP contribution is 2.49. The van der Waals surface area contributed by atoms with E-state index in [1.807, 2.05) is 18.2 Å². The Bertz CT molecular complexity index is 882. The van der Waals surface area contributed by atoms with E-state index < -0.39 is 11.7 Å². The molecule has 0 radical (unpaired) electrons. The second-order valence-corrected chi connectivity index (χ2v) is 8.40.